The summed E-state index contributed by atoms with van der Waals surface area (Å²) in [7, 11) is 1.57. The molecule has 4 heteroatoms. The van der Waals surface area contributed by atoms with E-state index in [1.165, 1.54) is 0 Å². The van der Waals surface area contributed by atoms with Crippen molar-refractivity contribution in [3.63, 3.8) is 0 Å². The van der Waals surface area contributed by atoms with Crippen LogP contribution in [0.4, 0.5) is 0 Å². The number of amides is 2. The third-order valence-corrected chi connectivity index (χ3v) is 1.81. The van der Waals surface area contributed by atoms with E-state index in [0.717, 1.165) is 6.42 Å². The number of hydrogen-bond acceptors (Lipinski definition) is 2. The van der Waals surface area contributed by atoms with Crippen LogP contribution in [0.15, 0.2) is 0 Å². The third-order valence-electron chi connectivity index (χ3n) is 1.81. The summed E-state index contributed by atoms with van der Waals surface area (Å²) in [5.74, 6) is -0.0695. The zero-order chi connectivity index (χ0) is 10.3. The molecule has 0 saturated heterocycles. The molecule has 13 heavy (non-hydrogen) atoms. The van der Waals surface area contributed by atoms with Crippen molar-refractivity contribution in [3.8, 4) is 0 Å². The number of nitrogens with zero attached hydrogens (tertiary/aromatic N) is 1. The lowest BCUT2D eigenvalue weighted by molar-refractivity contribution is -0.135. The summed E-state index contributed by atoms with van der Waals surface area (Å²) in [6.07, 6.45) is 1.34. The van der Waals surface area contributed by atoms with Crippen molar-refractivity contribution in [1.82, 2.24) is 10.2 Å². The van der Waals surface area contributed by atoms with Gasteiger partial charge in [0.15, 0.2) is 0 Å². The Morgan fingerprint density at radius 1 is 1.31 bits per heavy atom. The second kappa shape index (κ2) is 6.46. The molecule has 0 aromatic carbocycles. The number of carbonyl (C=O) groups excluding carboxylic acids is 2. The minimum Gasteiger partial charge on any atom is -0.358 e. The molecule has 0 heterocycles. The van der Waals surface area contributed by atoms with Crippen LogP contribution in [0, 0.1) is 0 Å². The molecule has 0 aromatic rings. The molecule has 0 saturated carbocycles. The molecular weight excluding hydrogens is 168 g/mol. The molecule has 1 N–H and O–H groups in total. The summed E-state index contributed by atoms with van der Waals surface area (Å²) in [4.78, 5) is 23.9. The molecule has 2 amide bonds. The normalized spacial score (nSPS) is 9.46. The van der Waals surface area contributed by atoms with Gasteiger partial charge in [0.2, 0.25) is 11.8 Å². The summed E-state index contributed by atoms with van der Waals surface area (Å²) >= 11 is 0. The smallest absolute Gasteiger partial charge is 0.239 e. The van der Waals surface area contributed by atoms with E-state index in [-0.39, 0.29) is 18.4 Å². The molecule has 4 nitrogen and oxygen atoms in total. The van der Waals surface area contributed by atoms with Crippen molar-refractivity contribution >= 4 is 11.8 Å². The van der Waals surface area contributed by atoms with Gasteiger partial charge in [-0.05, 0) is 13.3 Å². The van der Waals surface area contributed by atoms with Crippen LogP contribution in [0.25, 0.3) is 0 Å². The Kier molecular flexibility index (Phi) is 5.93. The molecule has 0 spiro atoms. The van der Waals surface area contributed by atoms with Crippen molar-refractivity contribution in [2.45, 2.75) is 26.7 Å². The number of hydrogen-bond donors (Lipinski definition) is 1. The second-order valence-corrected chi connectivity index (χ2v) is 2.83. The first-order valence-corrected chi connectivity index (χ1v) is 4.64. The predicted octanol–water partition coefficient (Wildman–Crippen LogP) is 0.381. The maximum atomic E-state index is 11.4. The van der Waals surface area contributed by atoms with E-state index in [1.54, 1.807) is 11.9 Å². The lowest BCUT2D eigenvalue weighted by Crippen LogP contribution is -2.39. The zero-order valence-electron chi connectivity index (χ0n) is 8.59. The lowest BCUT2D eigenvalue weighted by Gasteiger charge is -2.19. The molecule has 0 aliphatic heterocycles. The molecule has 0 bridgehead atoms. The summed E-state index contributed by atoms with van der Waals surface area (Å²) in [6.45, 7) is 4.58. The average Bonchev–Trinajstić information content (AvgIpc) is 2.14. The molecule has 0 unspecified atom stereocenters. The van der Waals surface area contributed by atoms with Crippen molar-refractivity contribution in [2.75, 3.05) is 20.1 Å². The Hall–Kier alpha value is -1.06. The lowest BCUT2D eigenvalue weighted by atomic mass is 10.3. The molecule has 0 rings (SSSR count). The maximum absolute atomic E-state index is 11.4. The number of carbonyl (C=O) groups is 2. The quantitative estimate of drug-likeness (QED) is 0.675. The van der Waals surface area contributed by atoms with Crippen LogP contribution in [-0.2, 0) is 9.59 Å². The van der Waals surface area contributed by atoms with Crippen LogP contribution in [0.1, 0.15) is 26.7 Å². The monoisotopic (exact) mass is 186 g/mol. The largest absolute Gasteiger partial charge is 0.358 e. The van der Waals surface area contributed by atoms with Crippen molar-refractivity contribution in [3.05, 3.63) is 0 Å². The topological polar surface area (TPSA) is 49.4 Å². The number of rotatable bonds is 5. The summed E-state index contributed by atoms with van der Waals surface area (Å²) < 4.78 is 0. The highest BCUT2D eigenvalue weighted by Crippen LogP contribution is 1.96. The van der Waals surface area contributed by atoms with E-state index >= 15 is 0 Å². The van der Waals surface area contributed by atoms with Crippen LogP contribution in [0.3, 0.4) is 0 Å². The van der Waals surface area contributed by atoms with Gasteiger partial charge in [-0.1, -0.05) is 6.92 Å². The van der Waals surface area contributed by atoms with Crippen molar-refractivity contribution < 1.29 is 9.59 Å². The fourth-order valence-corrected chi connectivity index (χ4v) is 1.00. The van der Waals surface area contributed by atoms with E-state index in [4.69, 9.17) is 0 Å². The van der Waals surface area contributed by atoms with Crippen molar-refractivity contribution in [2.24, 2.45) is 0 Å². The van der Waals surface area contributed by atoms with Gasteiger partial charge in [-0.2, -0.15) is 0 Å². The van der Waals surface area contributed by atoms with E-state index in [1.807, 2.05) is 13.8 Å². The first kappa shape index (κ1) is 11.9. The Morgan fingerprint density at radius 3 is 2.31 bits per heavy atom. The Labute approximate surface area is 79.3 Å². The van der Waals surface area contributed by atoms with E-state index in [9.17, 15) is 9.59 Å². The van der Waals surface area contributed by atoms with E-state index in [0.29, 0.717) is 13.0 Å². The highest BCUT2D eigenvalue weighted by atomic mass is 16.2. The first-order chi connectivity index (χ1) is 6.15. The van der Waals surface area contributed by atoms with Gasteiger partial charge in [-0.3, -0.25) is 9.59 Å². The van der Waals surface area contributed by atoms with Gasteiger partial charge < -0.3 is 10.2 Å². The zero-order valence-corrected chi connectivity index (χ0v) is 8.59. The van der Waals surface area contributed by atoms with Gasteiger partial charge >= 0.3 is 0 Å². The first-order valence-electron chi connectivity index (χ1n) is 4.64. The minimum absolute atomic E-state index is 0.0496. The number of nitrogens with one attached hydrogen (secondary N) is 1. The molecule has 0 atom stereocenters. The van der Waals surface area contributed by atoms with Gasteiger partial charge in [0.25, 0.3) is 0 Å². The molecule has 0 aliphatic carbocycles. The van der Waals surface area contributed by atoms with Gasteiger partial charge in [-0.15, -0.1) is 0 Å². The van der Waals surface area contributed by atoms with Crippen LogP contribution in [0.5, 0.6) is 0 Å². The summed E-state index contributed by atoms with van der Waals surface area (Å²) in [5, 5.41) is 2.49. The van der Waals surface area contributed by atoms with Gasteiger partial charge in [0, 0.05) is 20.0 Å². The minimum atomic E-state index is -0.119. The van der Waals surface area contributed by atoms with Crippen LogP contribution in [0.2, 0.25) is 0 Å². The molecule has 0 aliphatic rings. The SMILES string of the molecule is CCCC(=O)N(CC)CC(=O)NC. The number of likely N-dealkylation sites (N-methyl/N-ethyl adjacent to an activating group) is 2. The molecule has 0 fully saturated rings. The van der Waals surface area contributed by atoms with Crippen molar-refractivity contribution in [1.29, 1.82) is 0 Å². The van der Waals surface area contributed by atoms with Gasteiger partial charge in [-0.25, -0.2) is 0 Å². The standard InChI is InChI=1S/C9H18N2O2/c1-4-6-9(13)11(5-2)7-8(12)10-3/h4-7H2,1-3H3,(H,10,12). The van der Waals surface area contributed by atoms with Crippen LogP contribution < -0.4 is 5.32 Å². The Bertz CT molecular complexity index is 180. The fraction of sp³-hybridized carbons (Fsp3) is 0.778. The maximum Gasteiger partial charge on any atom is 0.239 e. The second-order valence-electron chi connectivity index (χ2n) is 2.83. The van der Waals surface area contributed by atoms with Crippen LogP contribution >= 0.6 is 0 Å². The highest BCUT2D eigenvalue weighted by molar-refractivity contribution is 5.84. The van der Waals surface area contributed by atoms with Crippen LogP contribution in [-0.4, -0.2) is 36.9 Å². The average molecular weight is 186 g/mol. The molecular formula is C9H18N2O2. The molecule has 0 aromatic heterocycles. The molecule has 0 radical (unpaired) electrons. The fourth-order valence-electron chi connectivity index (χ4n) is 1.00. The third kappa shape index (κ3) is 4.50. The Morgan fingerprint density at radius 2 is 1.92 bits per heavy atom. The van der Waals surface area contributed by atoms with Gasteiger partial charge in [0.05, 0.1) is 6.54 Å². The highest BCUT2D eigenvalue weighted by Gasteiger charge is 2.12. The summed E-state index contributed by atoms with van der Waals surface area (Å²) in [5.41, 5.74) is 0. The molecule has 76 valence electrons. The Balaban J connectivity index is 4.01. The van der Waals surface area contributed by atoms with Gasteiger partial charge in [0.1, 0.15) is 0 Å². The van der Waals surface area contributed by atoms with E-state index in [2.05, 4.69) is 5.32 Å². The van der Waals surface area contributed by atoms with E-state index < -0.39 is 0 Å². The predicted molar refractivity (Wildman–Crippen MR) is 51.2 cm³/mol. The summed E-state index contributed by atoms with van der Waals surface area (Å²) in [6, 6.07) is 0.